The zero-order valence-electron chi connectivity index (χ0n) is 21.0. The standard InChI is InChI=1S/C15H15ClFN3O3S2.C9H8N4OS/c1-23-13(21)8-24-12-7-11(10(17)6-9(12)16)18-14-19-4-2-3-5-20(19)15(22)25-14;14-9(12-8-6-10-13-15-8)11-7-4-2-1-3-5-7/h6-7H,2-5,8H2,1H3;1-6H,(H2,11,12,14). The summed E-state index contributed by atoms with van der Waals surface area (Å²) >= 11 is 9.30. The van der Waals surface area contributed by atoms with Gasteiger partial charge in [0, 0.05) is 35.2 Å². The third kappa shape index (κ3) is 8.00. The molecule has 2 amide bonds. The molecular weight excluding hydrogens is 601 g/mol. The number of hydrogen-bond donors (Lipinski definition) is 2. The first kappa shape index (κ1) is 29.5. The highest BCUT2D eigenvalue weighted by Crippen LogP contribution is 2.33. The quantitative estimate of drug-likeness (QED) is 0.229. The third-order valence-electron chi connectivity index (χ3n) is 5.31. The lowest BCUT2D eigenvalue weighted by molar-refractivity contribution is -0.137. The molecule has 16 heteroatoms. The van der Waals surface area contributed by atoms with E-state index in [4.69, 9.17) is 11.6 Å². The molecule has 3 heterocycles. The van der Waals surface area contributed by atoms with Gasteiger partial charge in [-0.1, -0.05) is 34.3 Å². The van der Waals surface area contributed by atoms with E-state index < -0.39 is 11.8 Å². The molecule has 2 N–H and O–H groups in total. The van der Waals surface area contributed by atoms with E-state index >= 15 is 0 Å². The molecule has 1 aliphatic rings. The van der Waals surface area contributed by atoms with Crippen molar-refractivity contribution in [2.45, 2.75) is 30.8 Å². The van der Waals surface area contributed by atoms with E-state index in [0.717, 1.165) is 59.2 Å². The number of anilines is 2. The maximum absolute atomic E-state index is 14.3. The summed E-state index contributed by atoms with van der Waals surface area (Å²) < 4.78 is 25.9. The highest BCUT2D eigenvalue weighted by Gasteiger charge is 2.15. The zero-order valence-corrected chi connectivity index (χ0v) is 24.2. The van der Waals surface area contributed by atoms with Crippen molar-refractivity contribution in [3.63, 3.8) is 0 Å². The number of halogens is 2. The normalized spacial score (nSPS) is 12.6. The fourth-order valence-electron chi connectivity index (χ4n) is 3.45. The second kappa shape index (κ2) is 14.2. The number of nitrogens with one attached hydrogen (secondary N) is 2. The molecule has 0 saturated carbocycles. The monoisotopic (exact) mass is 623 g/mol. The number of ether oxygens (including phenoxy) is 1. The average Bonchev–Trinajstić information content (AvgIpc) is 3.58. The van der Waals surface area contributed by atoms with Crippen LogP contribution in [0.25, 0.3) is 0 Å². The van der Waals surface area contributed by atoms with Crippen molar-refractivity contribution in [2.75, 3.05) is 23.5 Å². The van der Waals surface area contributed by atoms with Crippen LogP contribution >= 0.6 is 46.2 Å². The first-order chi connectivity index (χ1) is 19.3. The van der Waals surface area contributed by atoms with Crippen LogP contribution in [0.2, 0.25) is 5.02 Å². The van der Waals surface area contributed by atoms with Crippen LogP contribution < -0.4 is 20.3 Å². The summed E-state index contributed by atoms with van der Waals surface area (Å²) in [4.78, 5) is 39.9. The smallest absolute Gasteiger partial charge is 0.325 e. The molecule has 5 rings (SSSR count). The predicted octanol–water partition coefficient (Wildman–Crippen LogP) is 4.98. The number of carbonyl (C=O) groups excluding carboxylic acids is 2. The number of carbonyl (C=O) groups is 2. The number of aromatic nitrogens is 4. The number of fused-ring (bicyclic) bond motifs is 1. The van der Waals surface area contributed by atoms with Gasteiger partial charge in [-0.05, 0) is 48.4 Å². The van der Waals surface area contributed by atoms with Gasteiger partial charge in [0.05, 0.1) is 24.1 Å². The van der Waals surface area contributed by atoms with Crippen LogP contribution in [0.1, 0.15) is 12.8 Å². The number of benzene rings is 2. The van der Waals surface area contributed by atoms with Crippen LogP contribution in [-0.2, 0) is 22.6 Å². The molecule has 0 unspecified atom stereocenters. The molecule has 1 aliphatic heterocycles. The van der Waals surface area contributed by atoms with E-state index in [9.17, 15) is 18.8 Å². The molecule has 4 aromatic rings. The van der Waals surface area contributed by atoms with Gasteiger partial charge in [-0.3, -0.25) is 19.6 Å². The lowest BCUT2D eigenvalue weighted by Gasteiger charge is -2.15. The summed E-state index contributed by atoms with van der Waals surface area (Å²) in [5, 5.41) is 9.72. The van der Waals surface area contributed by atoms with Crippen LogP contribution in [0.5, 0.6) is 0 Å². The van der Waals surface area contributed by atoms with Crippen LogP contribution in [0.15, 0.2) is 63.3 Å². The number of para-hydroxylation sites is 1. The fourth-order valence-corrected chi connectivity index (χ4v) is 5.85. The van der Waals surface area contributed by atoms with Crippen molar-refractivity contribution < 1.29 is 18.7 Å². The lowest BCUT2D eigenvalue weighted by Crippen LogP contribution is -2.31. The summed E-state index contributed by atoms with van der Waals surface area (Å²) in [6.07, 6.45) is 3.39. The summed E-state index contributed by atoms with van der Waals surface area (Å²) in [6, 6.07) is 11.6. The average molecular weight is 624 g/mol. The molecule has 210 valence electrons. The molecule has 2 aromatic heterocycles. The lowest BCUT2D eigenvalue weighted by atomic mass is 10.3. The van der Waals surface area contributed by atoms with E-state index in [2.05, 4.69) is 29.9 Å². The third-order valence-corrected chi connectivity index (χ3v) is 8.22. The minimum atomic E-state index is -0.580. The van der Waals surface area contributed by atoms with E-state index in [1.54, 1.807) is 9.36 Å². The maximum Gasteiger partial charge on any atom is 0.325 e. The highest BCUT2D eigenvalue weighted by molar-refractivity contribution is 8.00. The molecule has 0 fully saturated rings. The summed E-state index contributed by atoms with van der Waals surface area (Å²) in [5.74, 6) is -0.923. The number of urea groups is 1. The first-order valence-electron chi connectivity index (χ1n) is 11.8. The number of rotatable bonds is 6. The fraction of sp³-hybridized carbons (Fsp3) is 0.250. The molecule has 0 spiro atoms. The van der Waals surface area contributed by atoms with Crippen molar-refractivity contribution in [1.82, 2.24) is 19.0 Å². The Balaban J connectivity index is 0.000000210. The number of amides is 2. The van der Waals surface area contributed by atoms with Crippen molar-refractivity contribution >= 4 is 74.6 Å². The molecule has 40 heavy (non-hydrogen) atoms. The van der Waals surface area contributed by atoms with Crippen LogP contribution in [0.4, 0.5) is 25.6 Å². The van der Waals surface area contributed by atoms with Crippen molar-refractivity contribution in [1.29, 1.82) is 0 Å². The zero-order chi connectivity index (χ0) is 28.5. The molecule has 0 atom stereocenters. The predicted molar refractivity (Wildman–Crippen MR) is 154 cm³/mol. The van der Waals surface area contributed by atoms with Gasteiger partial charge in [0.1, 0.15) is 16.5 Å². The van der Waals surface area contributed by atoms with Gasteiger partial charge in [0.2, 0.25) is 4.80 Å². The summed E-state index contributed by atoms with van der Waals surface area (Å²) in [6.45, 7) is 1.32. The molecule has 0 bridgehead atoms. The Labute approximate surface area is 244 Å². The Morgan fingerprint density at radius 3 is 2.62 bits per heavy atom. The maximum atomic E-state index is 14.3. The Hall–Kier alpha value is -3.53. The van der Waals surface area contributed by atoms with E-state index in [1.807, 2.05) is 30.3 Å². The number of thioether (sulfide) groups is 1. The highest BCUT2D eigenvalue weighted by atomic mass is 35.5. The largest absolute Gasteiger partial charge is 0.468 e. The number of nitrogens with zero attached hydrogens (tertiary/aromatic N) is 5. The van der Waals surface area contributed by atoms with Gasteiger partial charge in [-0.25, -0.2) is 18.9 Å². The van der Waals surface area contributed by atoms with Crippen molar-refractivity contribution in [2.24, 2.45) is 4.99 Å². The van der Waals surface area contributed by atoms with Gasteiger partial charge in [0.15, 0.2) is 0 Å². The Bertz CT molecular complexity index is 1590. The number of methoxy groups -OCH3 is 1. The molecule has 0 aliphatic carbocycles. The first-order valence-corrected chi connectivity index (χ1v) is 14.7. The van der Waals surface area contributed by atoms with Crippen LogP contribution in [0.3, 0.4) is 0 Å². The molecular formula is C24H23ClFN7O4S3. The van der Waals surface area contributed by atoms with Crippen LogP contribution in [0, 0.1) is 5.82 Å². The van der Waals surface area contributed by atoms with E-state index in [1.165, 1.54) is 19.4 Å². The molecule has 0 saturated heterocycles. The summed E-state index contributed by atoms with van der Waals surface area (Å²) in [7, 11) is 1.30. The van der Waals surface area contributed by atoms with Gasteiger partial charge < -0.3 is 10.1 Å². The summed E-state index contributed by atoms with van der Waals surface area (Å²) in [5.41, 5.74) is 0.826. The minimum Gasteiger partial charge on any atom is -0.468 e. The van der Waals surface area contributed by atoms with E-state index in [0.29, 0.717) is 27.8 Å². The molecule has 0 radical (unpaired) electrons. The van der Waals surface area contributed by atoms with Gasteiger partial charge in [0.25, 0.3) is 0 Å². The van der Waals surface area contributed by atoms with Crippen molar-refractivity contribution in [3.05, 3.63) is 74.0 Å². The van der Waals surface area contributed by atoms with Gasteiger partial charge in [-0.2, -0.15) is 0 Å². The second-order valence-electron chi connectivity index (χ2n) is 8.04. The van der Waals surface area contributed by atoms with Gasteiger partial charge in [-0.15, -0.1) is 16.9 Å². The topological polar surface area (TPSA) is 132 Å². The molecule has 11 nitrogen and oxygen atoms in total. The second-order valence-corrected chi connectivity index (χ2v) is 11.2. The molecule has 2 aromatic carbocycles. The minimum absolute atomic E-state index is 0.0605. The SMILES string of the molecule is COC(=O)CSc1cc(N=c2sc(=O)n3n2CCCC3)c(F)cc1Cl.O=C(Nc1ccccc1)Nc1cnns1. The Morgan fingerprint density at radius 1 is 1.18 bits per heavy atom. The number of hydrogen-bond acceptors (Lipinski definition) is 10. The van der Waals surface area contributed by atoms with Crippen LogP contribution in [-0.4, -0.2) is 43.8 Å². The van der Waals surface area contributed by atoms with Crippen molar-refractivity contribution in [3.8, 4) is 0 Å². The number of esters is 1. The van der Waals surface area contributed by atoms with Gasteiger partial charge >= 0.3 is 16.9 Å². The Kier molecular flexibility index (Phi) is 10.5. The van der Waals surface area contributed by atoms with E-state index in [-0.39, 0.29) is 27.4 Å². The Morgan fingerprint density at radius 2 is 1.93 bits per heavy atom.